The Kier molecular flexibility index (Phi) is 4.63. The monoisotopic (exact) mass is 318 g/mol. The third kappa shape index (κ3) is 3.93. The number of hydrogen-bond donors (Lipinski definition) is 2. The fourth-order valence-corrected chi connectivity index (χ4v) is 3.34. The average Bonchev–Trinajstić information content (AvgIpc) is 2.44. The maximum Gasteiger partial charge on any atom is 0.248 e. The maximum absolute atomic E-state index is 12.3. The molecule has 0 saturated heterocycles. The van der Waals surface area contributed by atoms with E-state index < -0.39 is 15.9 Å². The Labute approximate surface area is 130 Å². The molecule has 0 heterocycles. The molecule has 0 aliphatic carbocycles. The third-order valence-electron chi connectivity index (χ3n) is 3.21. The van der Waals surface area contributed by atoms with E-state index in [-0.39, 0.29) is 11.4 Å². The van der Waals surface area contributed by atoms with Crippen molar-refractivity contribution in [2.45, 2.75) is 25.3 Å². The Balaban J connectivity index is 2.14. The molecule has 2 aromatic rings. The van der Waals surface area contributed by atoms with Gasteiger partial charge in [-0.3, -0.25) is 4.79 Å². The molecule has 22 heavy (non-hydrogen) atoms. The molecule has 116 valence electrons. The molecule has 3 N–H and O–H groups in total. The molecule has 0 fully saturated rings. The normalized spacial score (nSPS) is 11.4. The molecule has 6 heteroatoms. The van der Waals surface area contributed by atoms with Crippen molar-refractivity contribution in [3.63, 3.8) is 0 Å². The van der Waals surface area contributed by atoms with Gasteiger partial charge < -0.3 is 5.73 Å². The highest BCUT2D eigenvalue weighted by Gasteiger charge is 2.14. The van der Waals surface area contributed by atoms with Crippen LogP contribution in [0.25, 0.3) is 0 Å². The number of amides is 1. The van der Waals surface area contributed by atoms with Crippen LogP contribution >= 0.6 is 0 Å². The first-order valence-electron chi connectivity index (χ1n) is 6.74. The molecule has 1 amide bonds. The van der Waals surface area contributed by atoms with Gasteiger partial charge in [-0.25, -0.2) is 13.1 Å². The minimum absolute atomic E-state index is 0.147. The van der Waals surface area contributed by atoms with Crippen molar-refractivity contribution in [3.05, 3.63) is 64.7 Å². The molecular formula is C16H18N2O3S. The Morgan fingerprint density at radius 2 is 1.59 bits per heavy atom. The first-order valence-corrected chi connectivity index (χ1v) is 8.23. The van der Waals surface area contributed by atoms with E-state index in [1.165, 1.54) is 0 Å². The molecule has 0 atom stereocenters. The van der Waals surface area contributed by atoms with E-state index in [1.807, 2.05) is 19.9 Å². The SMILES string of the molecule is Cc1cc(C)cc(S(=O)(=O)NCc2ccc(C(N)=O)cc2)c1. The topological polar surface area (TPSA) is 89.3 Å². The van der Waals surface area contributed by atoms with Crippen molar-refractivity contribution >= 4 is 15.9 Å². The molecule has 0 aliphatic heterocycles. The van der Waals surface area contributed by atoms with Gasteiger partial charge in [-0.05, 0) is 54.8 Å². The van der Waals surface area contributed by atoms with Gasteiger partial charge in [0.1, 0.15) is 0 Å². The summed E-state index contributed by atoms with van der Waals surface area (Å²) in [5.74, 6) is -0.512. The summed E-state index contributed by atoms with van der Waals surface area (Å²) in [4.78, 5) is 11.2. The molecule has 5 nitrogen and oxygen atoms in total. The maximum atomic E-state index is 12.3. The van der Waals surface area contributed by atoms with Crippen molar-refractivity contribution in [1.29, 1.82) is 0 Å². The van der Waals surface area contributed by atoms with Crippen LogP contribution in [0.1, 0.15) is 27.0 Å². The number of carbonyl (C=O) groups excluding carboxylic acids is 1. The molecule has 0 bridgehead atoms. The highest BCUT2D eigenvalue weighted by molar-refractivity contribution is 7.89. The van der Waals surface area contributed by atoms with Crippen LogP contribution in [0.15, 0.2) is 47.4 Å². The number of aryl methyl sites for hydroxylation is 2. The lowest BCUT2D eigenvalue weighted by Crippen LogP contribution is -2.23. The van der Waals surface area contributed by atoms with Crippen molar-refractivity contribution in [2.75, 3.05) is 0 Å². The summed E-state index contributed by atoms with van der Waals surface area (Å²) in [6.45, 7) is 3.86. The van der Waals surface area contributed by atoms with Crippen molar-refractivity contribution < 1.29 is 13.2 Å². The number of primary amides is 1. The van der Waals surface area contributed by atoms with Crippen LogP contribution in [0.5, 0.6) is 0 Å². The molecule has 0 saturated carbocycles. The summed E-state index contributed by atoms with van der Waals surface area (Å²) >= 11 is 0. The number of benzene rings is 2. The Bertz CT molecular complexity index is 776. The van der Waals surface area contributed by atoms with Crippen molar-refractivity contribution in [1.82, 2.24) is 4.72 Å². The number of rotatable bonds is 5. The lowest BCUT2D eigenvalue weighted by atomic mass is 10.1. The summed E-state index contributed by atoms with van der Waals surface area (Å²) in [6.07, 6.45) is 0. The first-order chi connectivity index (χ1) is 10.3. The number of hydrogen-bond acceptors (Lipinski definition) is 3. The largest absolute Gasteiger partial charge is 0.366 e. The molecule has 0 spiro atoms. The van der Waals surface area contributed by atoms with Gasteiger partial charge in [0.05, 0.1) is 4.90 Å². The molecule has 0 aromatic heterocycles. The van der Waals surface area contributed by atoms with Gasteiger partial charge in [0.25, 0.3) is 0 Å². The highest BCUT2D eigenvalue weighted by Crippen LogP contribution is 2.15. The van der Waals surface area contributed by atoms with E-state index in [2.05, 4.69) is 4.72 Å². The fraction of sp³-hybridized carbons (Fsp3) is 0.188. The van der Waals surface area contributed by atoms with E-state index in [1.54, 1.807) is 36.4 Å². The quantitative estimate of drug-likeness (QED) is 0.882. The van der Waals surface area contributed by atoms with Crippen LogP contribution in [0, 0.1) is 13.8 Å². The number of nitrogens with two attached hydrogens (primary N) is 1. The summed E-state index contributed by atoms with van der Waals surface area (Å²) in [6, 6.07) is 11.7. The van der Waals surface area contributed by atoms with Gasteiger partial charge in [0.2, 0.25) is 15.9 Å². The fourth-order valence-electron chi connectivity index (χ4n) is 2.14. The van der Waals surface area contributed by atoms with Gasteiger partial charge in [0, 0.05) is 12.1 Å². The summed E-state index contributed by atoms with van der Waals surface area (Å²) < 4.78 is 27.2. The van der Waals surface area contributed by atoms with Crippen LogP contribution < -0.4 is 10.5 Å². The Morgan fingerprint density at radius 3 is 2.09 bits per heavy atom. The summed E-state index contributed by atoms with van der Waals surface area (Å²) in [5.41, 5.74) is 8.09. The number of sulfonamides is 1. The lowest BCUT2D eigenvalue weighted by Gasteiger charge is -2.09. The standard InChI is InChI=1S/C16H18N2O3S/c1-11-7-12(2)9-15(8-11)22(20,21)18-10-13-3-5-14(6-4-13)16(17)19/h3-9,18H,10H2,1-2H3,(H2,17,19). The smallest absolute Gasteiger partial charge is 0.248 e. The second kappa shape index (κ2) is 6.29. The van der Waals surface area contributed by atoms with Gasteiger partial charge in [-0.15, -0.1) is 0 Å². The molecule has 2 aromatic carbocycles. The minimum atomic E-state index is -3.57. The van der Waals surface area contributed by atoms with Crippen LogP contribution in [-0.4, -0.2) is 14.3 Å². The second-order valence-corrected chi connectivity index (χ2v) is 6.98. The van der Waals surface area contributed by atoms with Gasteiger partial charge in [-0.2, -0.15) is 0 Å². The predicted octanol–water partition coefficient (Wildman–Crippen LogP) is 1.88. The molecule has 0 unspecified atom stereocenters. The summed E-state index contributed by atoms with van der Waals surface area (Å²) in [7, 11) is -3.57. The van der Waals surface area contributed by atoms with E-state index in [0.717, 1.165) is 16.7 Å². The van der Waals surface area contributed by atoms with Crippen LogP contribution in [0.2, 0.25) is 0 Å². The van der Waals surface area contributed by atoms with E-state index >= 15 is 0 Å². The second-order valence-electron chi connectivity index (χ2n) is 5.21. The first kappa shape index (κ1) is 16.2. The van der Waals surface area contributed by atoms with E-state index in [0.29, 0.717) is 5.56 Å². The molecule has 0 radical (unpaired) electrons. The number of nitrogens with one attached hydrogen (secondary N) is 1. The zero-order valence-corrected chi connectivity index (χ0v) is 13.3. The predicted molar refractivity (Wildman–Crippen MR) is 84.9 cm³/mol. The summed E-state index contributed by atoms with van der Waals surface area (Å²) in [5, 5.41) is 0. The minimum Gasteiger partial charge on any atom is -0.366 e. The van der Waals surface area contributed by atoms with Crippen molar-refractivity contribution in [2.24, 2.45) is 5.73 Å². The van der Waals surface area contributed by atoms with E-state index in [4.69, 9.17) is 5.73 Å². The zero-order chi connectivity index (χ0) is 16.3. The van der Waals surface area contributed by atoms with Gasteiger partial charge >= 0.3 is 0 Å². The molecule has 2 rings (SSSR count). The Hall–Kier alpha value is -2.18. The van der Waals surface area contributed by atoms with Crippen LogP contribution in [0.3, 0.4) is 0 Å². The third-order valence-corrected chi connectivity index (χ3v) is 4.59. The molecular weight excluding hydrogens is 300 g/mol. The Morgan fingerprint density at radius 1 is 1.05 bits per heavy atom. The van der Waals surface area contributed by atoms with Gasteiger partial charge in [0.15, 0.2) is 0 Å². The number of carbonyl (C=O) groups is 1. The van der Waals surface area contributed by atoms with Crippen LogP contribution in [0.4, 0.5) is 0 Å². The van der Waals surface area contributed by atoms with Crippen LogP contribution in [-0.2, 0) is 16.6 Å². The lowest BCUT2D eigenvalue weighted by molar-refractivity contribution is 0.100. The average molecular weight is 318 g/mol. The van der Waals surface area contributed by atoms with Crippen molar-refractivity contribution in [3.8, 4) is 0 Å². The highest BCUT2D eigenvalue weighted by atomic mass is 32.2. The van der Waals surface area contributed by atoms with E-state index in [9.17, 15) is 13.2 Å². The zero-order valence-electron chi connectivity index (χ0n) is 12.5. The van der Waals surface area contributed by atoms with Gasteiger partial charge in [-0.1, -0.05) is 18.2 Å². The molecule has 0 aliphatic rings.